The van der Waals surface area contributed by atoms with E-state index in [-0.39, 0.29) is 16.9 Å². The van der Waals surface area contributed by atoms with Crippen molar-refractivity contribution in [1.82, 2.24) is 0 Å². The zero-order valence-corrected chi connectivity index (χ0v) is 15.7. The minimum Gasteiger partial charge on any atom is -0.366 e. The second-order valence-corrected chi connectivity index (χ2v) is 7.19. The number of rotatable bonds is 4. The van der Waals surface area contributed by atoms with Gasteiger partial charge in [-0.3, -0.25) is 14.9 Å². The Morgan fingerprint density at radius 3 is 2.66 bits per heavy atom. The summed E-state index contributed by atoms with van der Waals surface area (Å²) in [7, 11) is 0. The highest BCUT2D eigenvalue weighted by Crippen LogP contribution is 2.33. The van der Waals surface area contributed by atoms with Crippen molar-refractivity contribution in [1.29, 1.82) is 0 Å². The van der Waals surface area contributed by atoms with Crippen molar-refractivity contribution in [2.75, 3.05) is 23.3 Å². The van der Waals surface area contributed by atoms with Gasteiger partial charge in [-0.25, -0.2) is 0 Å². The van der Waals surface area contributed by atoms with E-state index >= 15 is 0 Å². The summed E-state index contributed by atoms with van der Waals surface area (Å²) < 4.78 is 38.5. The van der Waals surface area contributed by atoms with E-state index in [1.54, 1.807) is 0 Å². The van der Waals surface area contributed by atoms with E-state index in [0.717, 1.165) is 31.0 Å². The SMILES string of the molecule is C[C@H]1CCCN(c2ccc(C(=O)Nc3cccc(C(F)(F)F)c3)cc2[N+](=O)[O-])C1. The number of carbonyl (C=O) groups is 1. The number of nitrogens with one attached hydrogen (secondary N) is 1. The molecule has 1 aliphatic rings. The zero-order valence-electron chi connectivity index (χ0n) is 15.7. The van der Waals surface area contributed by atoms with Crippen LogP contribution < -0.4 is 10.2 Å². The van der Waals surface area contributed by atoms with Crippen molar-refractivity contribution in [3.8, 4) is 0 Å². The number of benzene rings is 2. The third kappa shape index (κ3) is 4.85. The summed E-state index contributed by atoms with van der Waals surface area (Å²) in [6.45, 7) is 3.46. The Labute approximate surface area is 165 Å². The molecule has 1 heterocycles. The molecule has 1 N–H and O–H groups in total. The number of nitro groups is 1. The van der Waals surface area contributed by atoms with E-state index in [1.165, 1.54) is 24.3 Å². The second kappa shape index (κ2) is 8.10. The fourth-order valence-corrected chi connectivity index (χ4v) is 3.46. The standard InChI is InChI=1S/C20H20F3N3O3/c1-13-4-3-9-25(12-13)17-8-7-14(10-18(17)26(28)29)19(27)24-16-6-2-5-15(11-16)20(21,22)23/h2,5-8,10-11,13H,3-4,9,12H2,1H3,(H,24,27)/t13-/m0/s1. The van der Waals surface area contributed by atoms with Gasteiger partial charge in [0.2, 0.25) is 0 Å². The van der Waals surface area contributed by atoms with Crippen LogP contribution in [0.4, 0.5) is 30.2 Å². The van der Waals surface area contributed by atoms with Crippen LogP contribution in [0, 0.1) is 16.0 Å². The summed E-state index contributed by atoms with van der Waals surface area (Å²) >= 11 is 0. The number of amides is 1. The predicted octanol–water partition coefficient (Wildman–Crippen LogP) is 5.10. The minimum absolute atomic E-state index is 0.00270. The topological polar surface area (TPSA) is 75.5 Å². The lowest BCUT2D eigenvalue weighted by Crippen LogP contribution is -2.34. The van der Waals surface area contributed by atoms with Gasteiger partial charge in [0.25, 0.3) is 11.6 Å². The molecule has 0 aromatic heterocycles. The lowest BCUT2D eigenvalue weighted by atomic mass is 9.99. The zero-order chi connectivity index (χ0) is 21.2. The molecular weight excluding hydrogens is 387 g/mol. The molecule has 9 heteroatoms. The number of halogens is 3. The molecule has 29 heavy (non-hydrogen) atoms. The van der Waals surface area contributed by atoms with Gasteiger partial charge in [0, 0.05) is 30.4 Å². The third-order valence-corrected chi connectivity index (χ3v) is 4.88. The lowest BCUT2D eigenvalue weighted by molar-refractivity contribution is -0.384. The molecular formula is C20H20F3N3O3. The molecule has 2 aromatic carbocycles. The molecule has 0 bridgehead atoms. The molecule has 0 spiro atoms. The summed E-state index contributed by atoms with van der Waals surface area (Å²) in [5.41, 5.74) is -0.687. The van der Waals surface area contributed by atoms with Crippen molar-refractivity contribution in [2.24, 2.45) is 5.92 Å². The van der Waals surface area contributed by atoms with E-state index in [1.807, 2.05) is 4.90 Å². The molecule has 0 unspecified atom stereocenters. The molecule has 1 atom stereocenters. The van der Waals surface area contributed by atoms with Crippen LogP contribution >= 0.6 is 0 Å². The molecule has 154 valence electrons. The number of anilines is 2. The van der Waals surface area contributed by atoms with Crippen molar-refractivity contribution >= 4 is 23.0 Å². The first-order valence-electron chi connectivity index (χ1n) is 9.17. The monoisotopic (exact) mass is 407 g/mol. The van der Waals surface area contributed by atoms with Crippen LogP contribution in [0.3, 0.4) is 0 Å². The molecule has 0 radical (unpaired) electrons. The molecule has 1 aliphatic heterocycles. The molecule has 1 fully saturated rings. The van der Waals surface area contributed by atoms with E-state index in [9.17, 15) is 28.1 Å². The van der Waals surface area contributed by atoms with Crippen molar-refractivity contribution < 1.29 is 22.9 Å². The van der Waals surface area contributed by atoms with Crippen molar-refractivity contribution in [3.05, 3.63) is 63.7 Å². The second-order valence-electron chi connectivity index (χ2n) is 7.19. The number of hydrogen-bond donors (Lipinski definition) is 1. The van der Waals surface area contributed by atoms with Crippen LogP contribution in [0.5, 0.6) is 0 Å². The van der Waals surface area contributed by atoms with Crippen molar-refractivity contribution in [2.45, 2.75) is 25.9 Å². The fourth-order valence-electron chi connectivity index (χ4n) is 3.46. The van der Waals surface area contributed by atoms with E-state index in [2.05, 4.69) is 12.2 Å². The molecule has 1 amide bonds. The van der Waals surface area contributed by atoms with Gasteiger partial charge in [0.05, 0.1) is 10.5 Å². The summed E-state index contributed by atoms with van der Waals surface area (Å²) in [6.07, 6.45) is -2.55. The molecule has 3 rings (SSSR count). The maximum Gasteiger partial charge on any atom is 0.416 e. The molecule has 2 aromatic rings. The van der Waals surface area contributed by atoms with Crippen LogP contribution in [-0.2, 0) is 6.18 Å². The Balaban J connectivity index is 1.84. The number of piperidine rings is 1. The predicted molar refractivity (Wildman–Crippen MR) is 103 cm³/mol. The fraction of sp³-hybridized carbons (Fsp3) is 0.350. The Morgan fingerprint density at radius 1 is 1.24 bits per heavy atom. The van der Waals surface area contributed by atoms with Gasteiger partial charge in [0.15, 0.2) is 0 Å². The van der Waals surface area contributed by atoms with Gasteiger partial charge in [-0.15, -0.1) is 0 Å². The minimum atomic E-state index is -4.53. The maximum absolute atomic E-state index is 12.8. The Bertz CT molecular complexity index is 931. The number of nitro benzene ring substituents is 1. The largest absolute Gasteiger partial charge is 0.416 e. The van der Waals surface area contributed by atoms with Gasteiger partial charge in [-0.05, 0) is 49.1 Å². The Hall–Kier alpha value is -3.10. The van der Waals surface area contributed by atoms with E-state index < -0.39 is 22.6 Å². The molecule has 0 saturated carbocycles. The van der Waals surface area contributed by atoms with Gasteiger partial charge in [-0.2, -0.15) is 13.2 Å². The van der Waals surface area contributed by atoms with E-state index in [4.69, 9.17) is 0 Å². The first-order chi connectivity index (χ1) is 13.6. The number of carbonyl (C=O) groups excluding carboxylic acids is 1. The highest BCUT2D eigenvalue weighted by molar-refractivity contribution is 6.05. The smallest absolute Gasteiger partial charge is 0.366 e. The van der Waals surface area contributed by atoms with Gasteiger partial charge < -0.3 is 10.2 Å². The normalized spacial score (nSPS) is 17.1. The van der Waals surface area contributed by atoms with Crippen molar-refractivity contribution in [3.63, 3.8) is 0 Å². The first-order valence-corrected chi connectivity index (χ1v) is 9.17. The van der Waals surface area contributed by atoms with Crippen LogP contribution in [0.15, 0.2) is 42.5 Å². The van der Waals surface area contributed by atoms with Crippen LogP contribution in [0.1, 0.15) is 35.7 Å². The average molecular weight is 407 g/mol. The summed E-state index contributed by atoms with van der Waals surface area (Å²) in [5, 5.41) is 13.9. The van der Waals surface area contributed by atoms with E-state index in [0.29, 0.717) is 24.7 Å². The van der Waals surface area contributed by atoms with Crippen LogP contribution in [-0.4, -0.2) is 23.9 Å². The number of nitrogens with zero attached hydrogens (tertiary/aromatic N) is 2. The van der Waals surface area contributed by atoms with Gasteiger partial charge in [-0.1, -0.05) is 13.0 Å². The third-order valence-electron chi connectivity index (χ3n) is 4.88. The highest BCUT2D eigenvalue weighted by Gasteiger charge is 2.30. The summed E-state index contributed by atoms with van der Waals surface area (Å²) in [6, 6.07) is 8.36. The average Bonchev–Trinajstić information content (AvgIpc) is 2.67. The van der Waals surface area contributed by atoms with Gasteiger partial charge in [0.1, 0.15) is 5.69 Å². The summed E-state index contributed by atoms with van der Waals surface area (Å²) in [4.78, 5) is 25.4. The molecule has 0 aliphatic carbocycles. The number of alkyl halides is 3. The Morgan fingerprint density at radius 2 is 2.00 bits per heavy atom. The quantitative estimate of drug-likeness (QED) is 0.565. The van der Waals surface area contributed by atoms with Crippen LogP contribution in [0.2, 0.25) is 0 Å². The Kier molecular flexibility index (Phi) is 5.76. The lowest BCUT2D eigenvalue weighted by Gasteiger charge is -2.32. The maximum atomic E-state index is 12.8. The van der Waals surface area contributed by atoms with Gasteiger partial charge >= 0.3 is 6.18 Å². The first kappa shape index (κ1) is 20.6. The molecule has 6 nitrogen and oxygen atoms in total. The number of hydrogen-bond acceptors (Lipinski definition) is 4. The summed E-state index contributed by atoms with van der Waals surface area (Å²) in [5.74, 6) is -0.307. The highest BCUT2D eigenvalue weighted by atomic mass is 19.4. The van der Waals surface area contributed by atoms with Crippen LogP contribution in [0.25, 0.3) is 0 Å². The molecule has 1 saturated heterocycles.